The summed E-state index contributed by atoms with van der Waals surface area (Å²) in [5.41, 5.74) is 2.82. The molecule has 2 fully saturated rings. The Kier molecular flexibility index (Phi) is 6.05. The van der Waals surface area contributed by atoms with Crippen LogP contribution in [0.3, 0.4) is 0 Å². The summed E-state index contributed by atoms with van der Waals surface area (Å²) in [6.45, 7) is 0. The maximum absolute atomic E-state index is 13.4. The fourth-order valence-electron chi connectivity index (χ4n) is 4.98. The number of ketones is 2. The molecule has 0 radical (unpaired) electrons. The Hall–Kier alpha value is -3.70. The van der Waals surface area contributed by atoms with Crippen molar-refractivity contribution in [3.63, 3.8) is 0 Å². The van der Waals surface area contributed by atoms with Crippen LogP contribution in [-0.4, -0.2) is 11.6 Å². The number of rotatable bonds is 5. The maximum Gasteiger partial charge on any atom is 0.196 e. The van der Waals surface area contributed by atoms with Gasteiger partial charge in [-0.3, -0.25) is 9.59 Å². The van der Waals surface area contributed by atoms with E-state index in [0.717, 1.165) is 23.0 Å². The van der Waals surface area contributed by atoms with Gasteiger partial charge in [0.2, 0.25) is 0 Å². The zero-order valence-electron chi connectivity index (χ0n) is 18.5. The smallest absolute Gasteiger partial charge is 0.196 e. The largest absolute Gasteiger partial charge is 0.288 e. The lowest BCUT2D eigenvalue weighted by Gasteiger charge is -2.08. The summed E-state index contributed by atoms with van der Waals surface area (Å²) < 4.78 is 0. The van der Waals surface area contributed by atoms with E-state index in [1.807, 2.05) is 60.7 Å². The molecule has 0 aliphatic heterocycles. The van der Waals surface area contributed by atoms with Gasteiger partial charge in [-0.2, -0.15) is 0 Å². The molecule has 0 spiro atoms. The van der Waals surface area contributed by atoms with Crippen molar-refractivity contribution in [2.75, 3.05) is 0 Å². The monoisotopic (exact) mass is 430 g/mol. The van der Waals surface area contributed by atoms with Crippen LogP contribution in [0.15, 0.2) is 90.5 Å². The zero-order chi connectivity index (χ0) is 22.6. The molecule has 2 heteroatoms. The third kappa shape index (κ3) is 4.59. The fourth-order valence-corrected chi connectivity index (χ4v) is 4.98. The molecule has 0 saturated heterocycles. The lowest BCUT2D eigenvalue weighted by molar-refractivity contribution is 0.0964. The number of Topliss-reactive ketones (excluding diaryl/α,β-unsaturated/α-hetero) is 2. The summed E-state index contributed by atoms with van der Waals surface area (Å²) in [7, 11) is 0. The van der Waals surface area contributed by atoms with Gasteiger partial charge in [0.15, 0.2) is 11.6 Å². The van der Waals surface area contributed by atoms with Crippen LogP contribution >= 0.6 is 0 Å². The van der Waals surface area contributed by atoms with E-state index in [1.165, 1.54) is 25.7 Å². The van der Waals surface area contributed by atoms with Crippen molar-refractivity contribution in [1.82, 2.24) is 0 Å². The second-order valence-corrected chi connectivity index (χ2v) is 8.94. The van der Waals surface area contributed by atoms with Gasteiger partial charge in [-0.1, -0.05) is 104 Å². The van der Waals surface area contributed by atoms with Gasteiger partial charge in [0.1, 0.15) is 0 Å². The number of hydrogen-bond donors (Lipinski definition) is 0. The first kappa shape index (κ1) is 21.2. The van der Waals surface area contributed by atoms with Crippen LogP contribution < -0.4 is 0 Å². The Morgan fingerprint density at radius 3 is 1.79 bits per heavy atom. The zero-order valence-corrected chi connectivity index (χ0v) is 18.5. The summed E-state index contributed by atoms with van der Waals surface area (Å²) in [5.74, 6) is 8.36. The minimum Gasteiger partial charge on any atom is -0.288 e. The second kappa shape index (κ2) is 9.43. The van der Waals surface area contributed by atoms with E-state index < -0.39 is 0 Å². The van der Waals surface area contributed by atoms with Crippen molar-refractivity contribution in [2.45, 2.75) is 25.7 Å². The standard InChI is InChI=1S/C31H26O2/c32-30(23-12-3-1-4-13-23)29(31(33)24-14-5-2-6-15-24)21-25-16-8-7-11-22(25)19-20-28-26-17-9-10-18-27(26)28/h1-8,11-16,21,26-28H,9-10,17-18H2/t26-,27+,28?. The van der Waals surface area contributed by atoms with E-state index in [-0.39, 0.29) is 17.1 Å². The van der Waals surface area contributed by atoms with Crippen molar-refractivity contribution < 1.29 is 9.59 Å². The van der Waals surface area contributed by atoms with Crippen molar-refractivity contribution in [1.29, 1.82) is 0 Å². The molecule has 2 saturated carbocycles. The van der Waals surface area contributed by atoms with Crippen LogP contribution in [0.1, 0.15) is 57.5 Å². The Bertz CT molecular complexity index is 1190. The molecule has 0 bridgehead atoms. The summed E-state index contributed by atoms with van der Waals surface area (Å²) in [5, 5.41) is 0. The van der Waals surface area contributed by atoms with Gasteiger partial charge in [0.05, 0.1) is 5.57 Å². The van der Waals surface area contributed by atoms with E-state index in [0.29, 0.717) is 17.0 Å². The molecule has 2 aliphatic carbocycles. The van der Waals surface area contributed by atoms with Crippen LogP contribution in [0.4, 0.5) is 0 Å². The maximum atomic E-state index is 13.4. The van der Waals surface area contributed by atoms with Crippen LogP contribution in [0.5, 0.6) is 0 Å². The number of fused-ring (bicyclic) bond motifs is 1. The quantitative estimate of drug-likeness (QED) is 0.150. The molecule has 2 aliphatic rings. The number of carbonyl (C=O) groups excluding carboxylic acids is 2. The van der Waals surface area contributed by atoms with E-state index in [4.69, 9.17) is 0 Å². The predicted molar refractivity (Wildman–Crippen MR) is 132 cm³/mol. The van der Waals surface area contributed by atoms with Gasteiger partial charge in [0.25, 0.3) is 0 Å². The second-order valence-electron chi connectivity index (χ2n) is 8.94. The minimum atomic E-state index is -0.277. The topological polar surface area (TPSA) is 34.1 Å². The van der Waals surface area contributed by atoms with Gasteiger partial charge in [-0.05, 0) is 42.4 Å². The Labute approximate surface area is 195 Å². The molecule has 3 atom stereocenters. The third-order valence-electron chi connectivity index (χ3n) is 6.85. The van der Waals surface area contributed by atoms with Crippen molar-refractivity contribution in [2.24, 2.45) is 17.8 Å². The Morgan fingerprint density at radius 2 is 1.21 bits per heavy atom. The van der Waals surface area contributed by atoms with Crippen LogP contribution in [-0.2, 0) is 0 Å². The number of carbonyl (C=O) groups is 2. The number of benzene rings is 3. The molecular weight excluding hydrogens is 404 g/mol. The minimum absolute atomic E-state index is 0.154. The summed E-state index contributed by atoms with van der Waals surface area (Å²) >= 11 is 0. The van der Waals surface area contributed by atoms with Crippen LogP contribution in [0.2, 0.25) is 0 Å². The van der Waals surface area contributed by atoms with Gasteiger partial charge in [-0.15, -0.1) is 0 Å². The molecule has 2 nitrogen and oxygen atoms in total. The lowest BCUT2D eigenvalue weighted by atomic mass is 9.93. The van der Waals surface area contributed by atoms with E-state index in [2.05, 4.69) is 11.8 Å². The van der Waals surface area contributed by atoms with Gasteiger partial charge < -0.3 is 0 Å². The van der Waals surface area contributed by atoms with Gasteiger partial charge >= 0.3 is 0 Å². The SMILES string of the molecule is O=C(C(=Cc1ccccc1C#CC1[C@H]2CCCC[C@@H]12)C(=O)c1ccccc1)c1ccccc1. The predicted octanol–water partition coefficient (Wildman–Crippen LogP) is 6.62. The first-order chi connectivity index (χ1) is 16.2. The molecule has 0 amide bonds. The van der Waals surface area contributed by atoms with E-state index >= 15 is 0 Å². The average molecular weight is 431 g/mol. The first-order valence-electron chi connectivity index (χ1n) is 11.7. The lowest BCUT2D eigenvalue weighted by Crippen LogP contribution is -2.14. The number of hydrogen-bond acceptors (Lipinski definition) is 2. The molecule has 0 heterocycles. The highest BCUT2D eigenvalue weighted by Gasteiger charge is 2.49. The average Bonchev–Trinajstić information content (AvgIpc) is 3.60. The summed E-state index contributed by atoms with van der Waals surface area (Å²) in [6, 6.07) is 25.7. The fraction of sp³-hybridized carbons (Fsp3) is 0.226. The van der Waals surface area contributed by atoms with Crippen molar-refractivity contribution in [3.05, 3.63) is 113 Å². The highest BCUT2D eigenvalue weighted by Crippen LogP contribution is 2.54. The molecule has 3 aromatic rings. The molecular formula is C31H26O2. The van der Waals surface area contributed by atoms with Gasteiger partial charge in [-0.25, -0.2) is 0 Å². The normalized spacial score (nSPS) is 20.5. The Balaban J connectivity index is 1.52. The third-order valence-corrected chi connectivity index (χ3v) is 6.85. The Morgan fingerprint density at radius 1 is 0.697 bits per heavy atom. The van der Waals surface area contributed by atoms with E-state index in [9.17, 15) is 9.59 Å². The van der Waals surface area contributed by atoms with Crippen LogP contribution in [0.25, 0.3) is 6.08 Å². The highest BCUT2D eigenvalue weighted by atomic mass is 16.1. The number of allylic oxidation sites excluding steroid dienone is 1. The summed E-state index contributed by atoms with van der Waals surface area (Å²) in [4.78, 5) is 26.8. The first-order valence-corrected chi connectivity index (χ1v) is 11.7. The molecule has 0 aromatic heterocycles. The molecule has 162 valence electrons. The van der Waals surface area contributed by atoms with Crippen molar-refractivity contribution >= 4 is 17.6 Å². The van der Waals surface area contributed by atoms with Gasteiger partial charge in [0, 0.05) is 22.6 Å². The molecule has 1 unspecified atom stereocenters. The highest BCUT2D eigenvalue weighted by molar-refractivity contribution is 6.33. The summed E-state index contributed by atoms with van der Waals surface area (Å²) in [6.07, 6.45) is 6.96. The van der Waals surface area contributed by atoms with Crippen molar-refractivity contribution in [3.8, 4) is 11.8 Å². The molecule has 5 rings (SSSR count). The molecule has 3 aromatic carbocycles. The molecule has 33 heavy (non-hydrogen) atoms. The van der Waals surface area contributed by atoms with E-state index in [1.54, 1.807) is 30.3 Å². The van der Waals surface area contributed by atoms with Crippen LogP contribution in [0, 0.1) is 29.6 Å². The molecule has 0 N–H and O–H groups in total.